The summed E-state index contributed by atoms with van der Waals surface area (Å²) in [6, 6.07) is 11.3. The Morgan fingerprint density at radius 3 is 3.11 bits per heavy atom. The van der Waals surface area contributed by atoms with Crippen LogP contribution >= 0.6 is 0 Å². The molecule has 0 spiro atoms. The highest BCUT2D eigenvalue weighted by atomic mass is 15.3. The number of fused-ring (bicyclic) bond motifs is 2. The van der Waals surface area contributed by atoms with Crippen LogP contribution in [0.4, 0.5) is 5.82 Å². The predicted molar refractivity (Wildman–Crippen MR) is 78.6 cm³/mol. The number of hydrogen-bond acceptors (Lipinski definition) is 3. The van der Waals surface area contributed by atoms with Gasteiger partial charge in [0, 0.05) is 31.1 Å². The van der Waals surface area contributed by atoms with Crippen molar-refractivity contribution in [1.82, 2.24) is 10.3 Å². The monoisotopic (exact) mass is 253 g/mol. The zero-order valence-electron chi connectivity index (χ0n) is 11.3. The van der Waals surface area contributed by atoms with Crippen LogP contribution in [0.15, 0.2) is 30.3 Å². The summed E-state index contributed by atoms with van der Waals surface area (Å²) in [4.78, 5) is 7.44. The largest absolute Gasteiger partial charge is 0.352 e. The molecule has 3 heterocycles. The van der Waals surface area contributed by atoms with Crippen LogP contribution in [0.2, 0.25) is 0 Å². The first kappa shape index (κ1) is 11.2. The summed E-state index contributed by atoms with van der Waals surface area (Å²) < 4.78 is 0. The molecule has 0 amide bonds. The molecule has 0 bridgehead atoms. The minimum absolute atomic E-state index is 0.646. The summed E-state index contributed by atoms with van der Waals surface area (Å²) in [7, 11) is 0. The van der Waals surface area contributed by atoms with E-state index >= 15 is 0 Å². The molecule has 2 aliphatic heterocycles. The molecule has 3 nitrogen and oxygen atoms in total. The Morgan fingerprint density at radius 2 is 2.16 bits per heavy atom. The molecule has 19 heavy (non-hydrogen) atoms. The first-order chi connectivity index (χ1) is 9.33. The topological polar surface area (TPSA) is 28.2 Å². The fourth-order valence-electron chi connectivity index (χ4n) is 3.61. The van der Waals surface area contributed by atoms with Gasteiger partial charge < -0.3 is 10.2 Å². The van der Waals surface area contributed by atoms with Crippen molar-refractivity contribution in [3.63, 3.8) is 0 Å². The number of nitrogens with one attached hydrogen (secondary N) is 1. The fraction of sp³-hybridized carbons (Fsp3) is 0.438. The average molecular weight is 253 g/mol. The minimum atomic E-state index is 0.646. The molecule has 2 aliphatic rings. The molecule has 0 radical (unpaired) electrons. The van der Waals surface area contributed by atoms with Gasteiger partial charge in [0.1, 0.15) is 5.82 Å². The van der Waals surface area contributed by atoms with Crippen molar-refractivity contribution in [1.29, 1.82) is 0 Å². The molecule has 1 aromatic heterocycles. The zero-order valence-corrected chi connectivity index (χ0v) is 11.3. The molecule has 2 atom stereocenters. The third-order valence-electron chi connectivity index (χ3n) is 4.61. The Labute approximate surface area is 113 Å². The van der Waals surface area contributed by atoms with E-state index in [1.165, 1.54) is 29.7 Å². The van der Waals surface area contributed by atoms with Crippen molar-refractivity contribution in [3.05, 3.63) is 35.9 Å². The van der Waals surface area contributed by atoms with Gasteiger partial charge in [-0.15, -0.1) is 0 Å². The number of rotatable bonds is 1. The second kappa shape index (κ2) is 4.20. The number of aromatic nitrogens is 1. The van der Waals surface area contributed by atoms with E-state index in [1.54, 1.807) is 0 Å². The van der Waals surface area contributed by atoms with Crippen LogP contribution in [0, 0.1) is 12.8 Å². The third kappa shape index (κ3) is 1.72. The van der Waals surface area contributed by atoms with E-state index < -0.39 is 0 Å². The smallest absolute Gasteiger partial charge is 0.132 e. The Bertz CT molecular complexity index is 622. The summed E-state index contributed by atoms with van der Waals surface area (Å²) in [5.41, 5.74) is 2.41. The van der Waals surface area contributed by atoms with Crippen LogP contribution < -0.4 is 10.2 Å². The van der Waals surface area contributed by atoms with Crippen LogP contribution in [-0.2, 0) is 0 Å². The summed E-state index contributed by atoms with van der Waals surface area (Å²) in [5.74, 6) is 2.00. The van der Waals surface area contributed by atoms with Crippen LogP contribution in [0.25, 0.3) is 10.9 Å². The second-order valence-electron chi connectivity index (χ2n) is 5.79. The van der Waals surface area contributed by atoms with Gasteiger partial charge in [-0.1, -0.05) is 18.2 Å². The van der Waals surface area contributed by atoms with E-state index in [0.29, 0.717) is 6.04 Å². The average Bonchev–Trinajstić information content (AvgIpc) is 3.00. The molecule has 98 valence electrons. The van der Waals surface area contributed by atoms with Gasteiger partial charge in [-0.05, 0) is 37.0 Å². The van der Waals surface area contributed by atoms with Crippen molar-refractivity contribution in [3.8, 4) is 0 Å². The number of benzene rings is 1. The molecule has 0 saturated carbocycles. The lowest BCUT2D eigenvalue weighted by Crippen LogP contribution is -2.35. The molecule has 3 heteroatoms. The standard InChI is InChI=1S/C16H19N3/c1-11-8-12-4-2-3-5-14(12)18-16(11)19-7-6-13-9-17-10-15(13)19/h2-5,8,13,15,17H,6-7,9-10H2,1H3/t13-,15+/m0/s1. The highest BCUT2D eigenvalue weighted by Crippen LogP contribution is 2.33. The van der Waals surface area contributed by atoms with Gasteiger partial charge in [-0.25, -0.2) is 4.98 Å². The number of para-hydroxylation sites is 1. The fourth-order valence-corrected chi connectivity index (χ4v) is 3.61. The summed E-state index contributed by atoms with van der Waals surface area (Å²) in [6.07, 6.45) is 1.30. The van der Waals surface area contributed by atoms with Gasteiger partial charge >= 0.3 is 0 Å². The van der Waals surface area contributed by atoms with Gasteiger partial charge in [0.15, 0.2) is 0 Å². The third-order valence-corrected chi connectivity index (χ3v) is 4.61. The summed E-state index contributed by atoms with van der Waals surface area (Å²) >= 11 is 0. The molecule has 0 aliphatic carbocycles. The van der Waals surface area contributed by atoms with Crippen LogP contribution in [0.1, 0.15) is 12.0 Å². The summed E-state index contributed by atoms with van der Waals surface area (Å²) in [6.45, 7) is 5.63. The maximum atomic E-state index is 4.92. The first-order valence-electron chi connectivity index (χ1n) is 7.17. The van der Waals surface area contributed by atoms with E-state index in [-0.39, 0.29) is 0 Å². The SMILES string of the molecule is Cc1cc2ccccc2nc1N1CC[C@H]2CNC[C@H]21. The maximum absolute atomic E-state index is 4.92. The number of hydrogen-bond donors (Lipinski definition) is 1. The minimum Gasteiger partial charge on any atom is -0.352 e. The molecule has 2 aromatic rings. The van der Waals surface area contributed by atoms with Gasteiger partial charge in [-0.2, -0.15) is 0 Å². The quantitative estimate of drug-likeness (QED) is 0.845. The zero-order chi connectivity index (χ0) is 12.8. The van der Waals surface area contributed by atoms with E-state index in [1.807, 2.05) is 0 Å². The highest BCUT2D eigenvalue weighted by Gasteiger charge is 2.38. The van der Waals surface area contributed by atoms with Crippen molar-refractivity contribution in [2.24, 2.45) is 5.92 Å². The molecular formula is C16H19N3. The maximum Gasteiger partial charge on any atom is 0.132 e. The number of anilines is 1. The number of aryl methyl sites for hydroxylation is 1. The highest BCUT2D eigenvalue weighted by molar-refractivity contribution is 5.81. The van der Waals surface area contributed by atoms with E-state index in [0.717, 1.165) is 24.5 Å². The van der Waals surface area contributed by atoms with Gasteiger partial charge in [-0.3, -0.25) is 0 Å². The van der Waals surface area contributed by atoms with E-state index in [2.05, 4.69) is 47.5 Å². The van der Waals surface area contributed by atoms with E-state index in [9.17, 15) is 0 Å². The van der Waals surface area contributed by atoms with Gasteiger partial charge in [0.2, 0.25) is 0 Å². The molecule has 2 fully saturated rings. The predicted octanol–water partition coefficient (Wildman–Crippen LogP) is 2.34. The van der Waals surface area contributed by atoms with Crippen LogP contribution in [0.3, 0.4) is 0 Å². The lowest BCUT2D eigenvalue weighted by molar-refractivity contribution is 0.577. The molecule has 1 aromatic carbocycles. The number of nitrogens with zero attached hydrogens (tertiary/aromatic N) is 2. The van der Waals surface area contributed by atoms with Gasteiger partial charge in [0.25, 0.3) is 0 Å². The molecule has 1 N–H and O–H groups in total. The lowest BCUT2D eigenvalue weighted by atomic mass is 10.0. The number of pyridine rings is 1. The van der Waals surface area contributed by atoms with Crippen LogP contribution in [0.5, 0.6) is 0 Å². The van der Waals surface area contributed by atoms with Crippen molar-refractivity contribution < 1.29 is 0 Å². The Morgan fingerprint density at radius 1 is 1.26 bits per heavy atom. The van der Waals surface area contributed by atoms with Crippen molar-refractivity contribution in [2.75, 3.05) is 24.5 Å². The van der Waals surface area contributed by atoms with Gasteiger partial charge in [0.05, 0.1) is 5.52 Å². The normalized spacial score (nSPS) is 26.1. The molecule has 2 saturated heterocycles. The second-order valence-corrected chi connectivity index (χ2v) is 5.79. The molecular weight excluding hydrogens is 234 g/mol. The Hall–Kier alpha value is -1.61. The molecule has 0 unspecified atom stereocenters. The summed E-state index contributed by atoms with van der Waals surface area (Å²) in [5, 5.41) is 4.75. The Kier molecular flexibility index (Phi) is 2.49. The van der Waals surface area contributed by atoms with E-state index in [4.69, 9.17) is 4.98 Å². The van der Waals surface area contributed by atoms with Crippen molar-refractivity contribution in [2.45, 2.75) is 19.4 Å². The Balaban J connectivity index is 1.80. The van der Waals surface area contributed by atoms with Crippen molar-refractivity contribution >= 4 is 16.7 Å². The first-order valence-corrected chi connectivity index (χ1v) is 7.17. The van der Waals surface area contributed by atoms with Crippen LogP contribution in [-0.4, -0.2) is 30.7 Å². The molecule has 4 rings (SSSR count). The lowest BCUT2D eigenvalue weighted by Gasteiger charge is -2.26.